The van der Waals surface area contributed by atoms with Crippen LogP contribution in [0.5, 0.6) is 0 Å². The summed E-state index contributed by atoms with van der Waals surface area (Å²) >= 11 is 0. The van der Waals surface area contributed by atoms with Crippen molar-refractivity contribution in [3.8, 4) is 0 Å². The normalized spacial score (nSPS) is 19.4. The van der Waals surface area contributed by atoms with Crippen molar-refractivity contribution in [1.82, 2.24) is 14.5 Å². The number of anilines is 3. The molecular weight excluding hydrogens is 523 g/mol. The number of nitrogens with zero attached hydrogens (tertiary/aromatic N) is 4. The number of methoxy groups -OCH3 is 1. The van der Waals surface area contributed by atoms with Crippen molar-refractivity contribution in [2.75, 3.05) is 62.5 Å². The molecule has 2 amide bonds. The Bertz CT molecular complexity index is 1290. The number of piperidine rings is 1. The Labute approximate surface area is 221 Å². The summed E-state index contributed by atoms with van der Waals surface area (Å²) < 4.78 is 56.9. The van der Waals surface area contributed by atoms with Crippen LogP contribution in [-0.2, 0) is 27.4 Å². The molecule has 0 saturated carbocycles. The lowest BCUT2D eigenvalue weighted by molar-refractivity contribution is -0.140. The molecule has 2 aliphatic rings. The highest BCUT2D eigenvalue weighted by Crippen LogP contribution is 2.31. The molecule has 5 N–H and O–H groups in total. The molecule has 0 unspecified atom stereocenters. The minimum atomic E-state index is -4.67. The van der Waals surface area contributed by atoms with E-state index in [0.29, 0.717) is 43.9 Å². The lowest BCUT2D eigenvalue weighted by Crippen LogP contribution is -2.61. The van der Waals surface area contributed by atoms with Gasteiger partial charge >= 0.3 is 18.1 Å². The first-order valence-electron chi connectivity index (χ1n) is 12.2. The van der Waals surface area contributed by atoms with Gasteiger partial charge in [0.25, 0.3) is 5.56 Å². The summed E-state index contributed by atoms with van der Waals surface area (Å²) in [5.41, 5.74) is 4.94. The number of hydrogen-bond acceptors (Lipinski definition) is 8. The molecule has 2 aromatic heterocycles. The second-order valence-electron chi connectivity index (χ2n) is 9.22. The van der Waals surface area contributed by atoms with Gasteiger partial charge in [0.05, 0.1) is 42.8 Å². The standard InChI is InChI=1S/C24H30F3N7O5/c1-32-12-14(24(25,26)27)9-17(22(32)35)31-23(36)34-5-6-38-19-13-33(4-3-18(19)34)15-10-16(20(28)30-11-15)21(29)39-8-7-37-2/h9-12,18-19,29H,3-8,13H2,1-2H3,(H2,28,30)(H,31,36)/p+1/t18-,19-/m1/s1. The summed E-state index contributed by atoms with van der Waals surface area (Å²) in [4.78, 5) is 33.3. The van der Waals surface area contributed by atoms with Gasteiger partial charge in [0.2, 0.25) is 0 Å². The van der Waals surface area contributed by atoms with Crippen molar-refractivity contribution in [3.63, 3.8) is 0 Å². The Kier molecular flexibility index (Phi) is 8.30. The van der Waals surface area contributed by atoms with Crippen LogP contribution in [-0.4, -0.2) is 85.1 Å². The van der Waals surface area contributed by atoms with E-state index in [9.17, 15) is 22.8 Å². The number of amides is 2. The van der Waals surface area contributed by atoms with Gasteiger partial charge in [-0.15, -0.1) is 0 Å². The number of morpholine rings is 1. The molecule has 12 nitrogen and oxygen atoms in total. The average molecular weight is 555 g/mol. The van der Waals surface area contributed by atoms with Gasteiger partial charge in [-0.1, -0.05) is 0 Å². The Morgan fingerprint density at radius 3 is 2.79 bits per heavy atom. The van der Waals surface area contributed by atoms with Crippen LogP contribution in [0.25, 0.3) is 0 Å². The lowest BCUT2D eigenvalue weighted by atomic mass is 9.98. The fraction of sp³-hybridized carbons (Fsp3) is 0.500. The molecule has 0 aromatic carbocycles. The molecule has 2 atom stereocenters. The highest BCUT2D eigenvalue weighted by atomic mass is 19.4. The van der Waals surface area contributed by atoms with E-state index in [-0.39, 0.29) is 43.6 Å². The molecular formula is C24H31F3N7O5+. The number of nitrogens with one attached hydrogen (secondary N) is 1. The third-order valence-corrected chi connectivity index (χ3v) is 6.68. The zero-order chi connectivity index (χ0) is 28.3. The van der Waals surface area contributed by atoms with Crippen molar-refractivity contribution in [3.05, 3.63) is 46.0 Å². The van der Waals surface area contributed by atoms with E-state index in [4.69, 9.17) is 25.4 Å². The maximum Gasteiger partial charge on any atom is 0.417 e. The largest absolute Gasteiger partial charge is 0.442 e. The van der Waals surface area contributed by atoms with E-state index in [0.717, 1.165) is 10.3 Å². The number of nitrogen functional groups attached to an aromatic ring is 1. The minimum absolute atomic E-state index is 0.117. The van der Waals surface area contributed by atoms with E-state index < -0.39 is 29.0 Å². The molecule has 4 rings (SSSR count). The van der Waals surface area contributed by atoms with Crippen LogP contribution in [0.2, 0.25) is 0 Å². The number of hydrogen-bond donors (Lipinski definition) is 3. The van der Waals surface area contributed by atoms with Crippen LogP contribution < -0.4 is 26.9 Å². The number of halogens is 3. The Morgan fingerprint density at radius 1 is 1.31 bits per heavy atom. The second kappa shape index (κ2) is 11.5. The van der Waals surface area contributed by atoms with Gasteiger partial charge in [-0.2, -0.15) is 13.2 Å². The summed E-state index contributed by atoms with van der Waals surface area (Å²) in [5, 5.41) is 8.42. The topological polar surface area (TPSA) is 150 Å². The van der Waals surface area contributed by atoms with Crippen LogP contribution in [0.4, 0.5) is 35.2 Å². The number of rotatable bonds is 6. The predicted octanol–water partition coefficient (Wildman–Crippen LogP) is 0.0616. The van der Waals surface area contributed by atoms with E-state index in [1.807, 2.05) is 4.90 Å². The zero-order valence-electron chi connectivity index (χ0n) is 21.5. The SMILES string of the molecule is COCCOC(=[NH2+])c1cc(N2CC[C@@H]3[C@@H](C2)OCCN3C(=O)Nc2cc(C(F)(F)F)cn(C)c2=O)cnc1N. The average Bonchev–Trinajstić information content (AvgIpc) is 2.90. The van der Waals surface area contributed by atoms with E-state index in [1.54, 1.807) is 19.4 Å². The Balaban J connectivity index is 1.46. The summed E-state index contributed by atoms with van der Waals surface area (Å²) in [7, 11) is 2.74. The minimum Gasteiger partial charge on any atom is -0.442 e. The molecule has 2 saturated heterocycles. The van der Waals surface area contributed by atoms with Crippen molar-refractivity contribution in [1.29, 1.82) is 0 Å². The van der Waals surface area contributed by atoms with Crippen LogP contribution in [0.15, 0.2) is 29.3 Å². The zero-order valence-corrected chi connectivity index (χ0v) is 21.5. The number of fused-ring (bicyclic) bond motifs is 1. The van der Waals surface area contributed by atoms with Gasteiger partial charge in [-0.3, -0.25) is 4.79 Å². The van der Waals surface area contributed by atoms with Gasteiger partial charge < -0.3 is 39.6 Å². The van der Waals surface area contributed by atoms with Crippen LogP contribution in [0.1, 0.15) is 17.5 Å². The van der Waals surface area contributed by atoms with E-state index in [1.165, 1.54) is 11.9 Å². The first-order chi connectivity index (χ1) is 18.5. The number of ether oxygens (including phenoxy) is 3. The molecule has 15 heteroatoms. The number of carbonyl (C=O) groups excluding carboxylic acids is 1. The first-order valence-corrected chi connectivity index (χ1v) is 12.2. The summed E-state index contributed by atoms with van der Waals surface area (Å²) in [5.74, 6) is 0.326. The summed E-state index contributed by atoms with van der Waals surface area (Å²) in [6, 6.07) is 1.40. The monoisotopic (exact) mass is 554 g/mol. The molecule has 2 aromatic rings. The maximum absolute atomic E-state index is 13.2. The van der Waals surface area contributed by atoms with Gasteiger partial charge in [0, 0.05) is 40.0 Å². The van der Waals surface area contributed by atoms with Gasteiger partial charge in [0.1, 0.15) is 23.7 Å². The molecule has 39 heavy (non-hydrogen) atoms. The molecule has 2 fully saturated rings. The lowest BCUT2D eigenvalue weighted by Gasteiger charge is -2.47. The molecule has 0 aliphatic carbocycles. The van der Waals surface area contributed by atoms with Gasteiger partial charge in [-0.05, 0) is 18.6 Å². The van der Waals surface area contributed by atoms with Crippen LogP contribution in [0, 0.1) is 0 Å². The molecule has 212 valence electrons. The second-order valence-corrected chi connectivity index (χ2v) is 9.22. The number of aryl methyl sites for hydroxylation is 1. The number of pyridine rings is 2. The van der Waals surface area contributed by atoms with E-state index >= 15 is 0 Å². The van der Waals surface area contributed by atoms with Crippen molar-refractivity contribution in [2.45, 2.75) is 24.7 Å². The number of urea groups is 1. The molecule has 0 bridgehead atoms. The maximum atomic E-state index is 13.2. The fourth-order valence-electron chi connectivity index (χ4n) is 4.67. The number of nitrogens with two attached hydrogens (primary N) is 2. The third kappa shape index (κ3) is 6.25. The van der Waals surface area contributed by atoms with Gasteiger partial charge in [0.15, 0.2) is 0 Å². The molecule has 0 spiro atoms. The third-order valence-electron chi connectivity index (χ3n) is 6.68. The first kappa shape index (κ1) is 28.2. The van der Waals surface area contributed by atoms with Crippen molar-refractivity contribution < 1.29 is 37.6 Å². The van der Waals surface area contributed by atoms with Crippen molar-refractivity contribution >= 4 is 29.1 Å². The van der Waals surface area contributed by atoms with Crippen LogP contribution in [0.3, 0.4) is 0 Å². The smallest absolute Gasteiger partial charge is 0.417 e. The Morgan fingerprint density at radius 2 is 2.08 bits per heavy atom. The predicted molar refractivity (Wildman–Crippen MR) is 135 cm³/mol. The van der Waals surface area contributed by atoms with Crippen molar-refractivity contribution in [2.24, 2.45) is 7.05 Å². The van der Waals surface area contributed by atoms with Crippen LogP contribution >= 0.6 is 0 Å². The number of aromatic nitrogens is 2. The molecule has 0 radical (unpaired) electrons. The highest BCUT2D eigenvalue weighted by Gasteiger charge is 2.40. The highest BCUT2D eigenvalue weighted by molar-refractivity contribution is 5.95. The Hall–Kier alpha value is -3.85. The number of carbonyl (C=O) groups is 1. The fourth-order valence-corrected chi connectivity index (χ4v) is 4.67. The van der Waals surface area contributed by atoms with E-state index in [2.05, 4.69) is 10.3 Å². The summed E-state index contributed by atoms with van der Waals surface area (Å²) in [6.45, 7) is 1.99. The molecule has 2 aliphatic heterocycles. The number of alkyl halides is 3. The van der Waals surface area contributed by atoms with Gasteiger partial charge in [-0.25, -0.2) is 15.2 Å². The summed E-state index contributed by atoms with van der Waals surface area (Å²) in [6.07, 6.45) is -2.26. The molecule has 4 heterocycles. The quantitative estimate of drug-likeness (QED) is 0.258.